The SMILES string of the molecule is C#Cc1cccc([C@]2(C)CC(=O)N([C@H]3CCC(O[Si](C)(C)C(C)(C)C)[C@@H](C)C3)/C(=N/C(=O)O)N2)c1Cl. The Morgan fingerprint density at radius 1 is 1.36 bits per heavy atom. The predicted molar refractivity (Wildman–Crippen MR) is 146 cm³/mol. The van der Waals surface area contributed by atoms with Gasteiger partial charge in [0.05, 0.1) is 17.0 Å². The zero-order chi connectivity index (χ0) is 27.1. The summed E-state index contributed by atoms with van der Waals surface area (Å²) in [4.78, 5) is 30.6. The minimum Gasteiger partial charge on any atom is -0.463 e. The summed E-state index contributed by atoms with van der Waals surface area (Å²) in [7, 11) is -1.94. The van der Waals surface area contributed by atoms with Crippen molar-refractivity contribution in [2.24, 2.45) is 10.9 Å². The molecule has 2 fully saturated rings. The number of hydrogen-bond donors (Lipinski definition) is 2. The van der Waals surface area contributed by atoms with Gasteiger partial charge in [-0.2, -0.15) is 0 Å². The molecule has 3 rings (SSSR count). The predicted octanol–water partition coefficient (Wildman–Crippen LogP) is 5.97. The standard InChI is InChI=1S/C27H38ClN3O4Si/c1-9-18-11-10-12-20(23(18)28)27(6)16-22(32)31(24(30-27)29-25(33)34)19-13-14-21(17(2)15-19)35-36(7,8)26(3,4)5/h1,10-12,17,19,21H,13-16H2,2-8H3,(H,29,30)(H,33,34)/t17-,19-,21?,27-/m0/s1. The van der Waals surface area contributed by atoms with Crippen LogP contribution in [-0.4, -0.2) is 48.4 Å². The molecule has 0 aromatic heterocycles. The van der Waals surface area contributed by atoms with Crippen LogP contribution in [0.4, 0.5) is 4.79 Å². The highest BCUT2D eigenvalue weighted by Gasteiger charge is 2.47. The second kappa shape index (κ2) is 10.2. The summed E-state index contributed by atoms with van der Waals surface area (Å²) in [6, 6.07) is 5.13. The molecule has 1 aliphatic heterocycles. The van der Waals surface area contributed by atoms with Crippen LogP contribution in [0.15, 0.2) is 23.2 Å². The maximum absolute atomic E-state index is 13.6. The molecule has 1 aliphatic carbocycles. The van der Waals surface area contributed by atoms with E-state index in [-0.39, 0.29) is 41.4 Å². The van der Waals surface area contributed by atoms with Crippen molar-refractivity contribution >= 4 is 37.9 Å². The third-order valence-electron chi connectivity index (χ3n) is 8.02. The lowest BCUT2D eigenvalue weighted by molar-refractivity contribution is -0.133. The minimum atomic E-state index is -1.94. The van der Waals surface area contributed by atoms with Crippen molar-refractivity contribution in [2.75, 3.05) is 0 Å². The number of aliphatic imine (C=N–C) groups is 1. The zero-order valence-corrected chi connectivity index (χ0v) is 24.1. The summed E-state index contributed by atoms with van der Waals surface area (Å²) < 4.78 is 6.70. The normalized spacial score (nSPS) is 28.5. The second-order valence-corrected chi connectivity index (χ2v) is 16.9. The van der Waals surface area contributed by atoms with E-state index in [0.29, 0.717) is 29.0 Å². The molecule has 9 heteroatoms. The molecule has 1 aromatic carbocycles. The Morgan fingerprint density at radius 3 is 2.58 bits per heavy atom. The van der Waals surface area contributed by atoms with Crippen LogP contribution in [0.5, 0.6) is 0 Å². The van der Waals surface area contributed by atoms with Crippen LogP contribution < -0.4 is 5.32 Å². The van der Waals surface area contributed by atoms with Crippen LogP contribution >= 0.6 is 11.6 Å². The quantitative estimate of drug-likeness (QED) is 0.369. The van der Waals surface area contributed by atoms with Gasteiger partial charge in [-0.05, 0) is 61.9 Å². The Kier molecular flexibility index (Phi) is 8.00. The fourth-order valence-electron chi connectivity index (χ4n) is 4.94. The number of amides is 2. The highest BCUT2D eigenvalue weighted by atomic mass is 35.5. The van der Waals surface area contributed by atoms with Crippen LogP contribution in [0.3, 0.4) is 0 Å². The molecule has 4 atom stereocenters. The first-order valence-corrected chi connectivity index (χ1v) is 15.7. The Bertz CT molecular complexity index is 1110. The van der Waals surface area contributed by atoms with Crippen molar-refractivity contribution in [3.63, 3.8) is 0 Å². The number of halogens is 1. The van der Waals surface area contributed by atoms with Crippen molar-refractivity contribution in [1.82, 2.24) is 10.2 Å². The number of carboxylic acid groups (broad SMARTS) is 1. The monoisotopic (exact) mass is 531 g/mol. The lowest BCUT2D eigenvalue weighted by Gasteiger charge is -2.48. The molecule has 1 saturated carbocycles. The summed E-state index contributed by atoms with van der Waals surface area (Å²) in [5, 5.41) is 13.2. The Morgan fingerprint density at radius 2 is 2.03 bits per heavy atom. The smallest absolute Gasteiger partial charge is 0.434 e. The first-order chi connectivity index (χ1) is 16.6. The van der Waals surface area contributed by atoms with E-state index in [1.807, 2.05) is 6.92 Å². The van der Waals surface area contributed by atoms with Gasteiger partial charge in [0.15, 0.2) is 8.32 Å². The van der Waals surface area contributed by atoms with Gasteiger partial charge in [-0.1, -0.05) is 57.3 Å². The van der Waals surface area contributed by atoms with Gasteiger partial charge < -0.3 is 14.8 Å². The van der Waals surface area contributed by atoms with Gasteiger partial charge in [0, 0.05) is 17.7 Å². The topological polar surface area (TPSA) is 91.2 Å². The third-order valence-corrected chi connectivity index (χ3v) is 12.9. The lowest BCUT2D eigenvalue weighted by atomic mass is 9.81. The van der Waals surface area contributed by atoms with Crippen molar-refractivity contribution in [1.29, 1.82) is 0 Å². The maximum atomic E-state index is 13.6. The maximum Gasteiger partial charge on any atom is 0.434 e. The number of benzene rings is 1. The first-order valence-electron chi connectivity index (χ1n) is 12.4. The average molecular weight is 532 g/mol. The van der Waals surface area contributed by atoms with Gasteiger partial charge in [-0.25, -0.2) is 4.79 Å². The molecule has 0 radical (unpaired) electrons. The summed E-state index contributed by atoms with van der Waals surface area (Å²) in [6.07, 6.45) is 6.63. The van der Waals surface area contributed by atoms with E-state index in [2.05, 4.69) is 57.0 Å². The Labute approximate surface area is 220 Å². The van der Waals surface area contributed by atoms with Gasteiger partial charge >= 0.3 is 6.09 Å². The third kappa shape index (κ3) is 5.64. The molecule has 1 heterocycles. The molecule has 0 spiro atoms. The number of carbonyl (C=O) groups excluding carboxylic acids is 1. The molecule has 2 N–H and O–H groups in total. The second-order valence-electron chi connectivity index (χ2n) is 11.8. The molecular weight excluding hydrogens is 494 g/mol. The van der Waals surface area contributed by atoms with Crippen LogP contribution in [0, 0.1) is 18.3 Å². The van der Waals surface area contributed by atoms with Crippen molar-refractivity contribution in [2.45, 2.75) is 96.1 Å². The lowest BCUT2D eigenvalue weighted by Crippen LogP contribution is -2.63. The van der Waals surface area contributed by atoms with E-state index in [1.54, 1.807) is 18.2 Å². The van der Waals surface area contributed by atoms with E-state index in [4.69, 9.17) is 22.5 Å². The first kappa shape index (κ1) is 28.2. The number of nitrogens with zero attached hydrogens (tertiary/aromatic N) is 2. The molecule has 196 valence electrons. The van der Waals surface area contributed by atoms with Crippen LogP contribution in [0.25, 0.3) is 0 Å². The fourth-order valence-corrected chi connectivity index (χ4v) is 6.79. The molecule has 0 bridgehead atoms. The molecule has 7 nitrogen and oxygen atoms in total. The van der Waals surface area contributed by atoms with Gasteiger partial charge in [-0.15, -0.1) is 11.4 Å². The summed E-state index contributed by atoms with van der Waals surface area (Å²) in [6.45, 7) is 15.1. The Hall–Kier alpha value is -2.34. The van der Waals surface area contributed by atoms with E-state index >= 15 is 0 Å². The zero-order valence-electron chi connectivity index (χ0n) is 22.3. The molecule has 1 saturated heterocycles. The van der Waals surface area contributed by atoms with Crippen LogP contribution in [0.1, 0.15) is 71.4 Å². The number of guanidine groups is 1. The molecule has 1 unspecified atom stereocenters. The molecule has 36 heavy (non-hydrogen) atoms. The van der Waals surface area contributed by atoms with E-state index in [1.165, 1.54) is 4.90 Å². The van der Waals surface area contributed by atoms with Crippen molar-refractivity contribution in [3.05, 3.63) is 34.3 Å². The van der Waals surface area contributed by atoms with Crippen molar-refractivity contribution in [3.8, 4) is 12.3 Å². The summed E-state index contributed by atoms with van der Waals surface area (Å²) in [5.74, 6) is 2.60. The Balaban J connectivity index is 1.86. The van der Waals surface area contributed by atoms with Gasteiger partial charge in [0.1, 0.15) is 0 Å². The molecular formula is C27H38ClN3O4Si. The van der Waals surface area contributed by atoms with Gasteiger partial charge in [0.2, 0.25) is 11.9 Å². The highest BCUT2D eigenvalue weighted by Crippen LogP contribution is 2.42. The summed E-state index contributed by atoms with van der Waals surface area (Å²) >= 11 is 6.56. The fraction of sp³-hybridized carbons (Fsp3) is 0.593. The van der Waals surface area contributed by atoms with Gasteiger partial charge in [0.25, 0.3) is 0 Å². The molecule has 1 aromatic rings. The van der Waals surface area contributed by atoms with E-state index in [0.717, 1.165) is 6.42 Å². The molecule has 2 aliphatic rings. The van der Waals surface area contributed by atoms with E-state index < -0.39 is 19.9 Å². The van der Waals surface area contributed by atoms with Crippen LogP contribution in [-0.2, 0) is 14.8 Å². The van der Waals surface area contributed by atoms with E-state index in [9.17, 15) is 14.7 Å². The minimum absolute atomic E-state index is 0.0318. The average Bonchev–Trinajstić information content (AvgIpc) is 2.73. The number of hydrogen-bond acceptors (Lipinski definition) is 3. The largest absolute Gasteiger partial charge is 0.463 e. The number of terminal acetylenes is 1. The van der Waals surface area contributed by atoms with Crippen LogP contribution in [0.2, 0.25) is 23.2 Å². The number of rotatable bonds is 4. The molecule has 2 amide bonds. The van der Waals surface area contributed by atoms with Gasteiger partial charge in [-0.3, -0.25) is 9.69 Å². The highest BCUT2D eigenvalue weighted by molar-refractivity contribution is 6.74. The van der Waals surface area contributed by atoms with Crippen molar-refractivity contribution < 1.29 is 19.1 Å². The number of carbonyl (C=O) groups is 2. The number of nitrogens with one attached hydrogen (secondary N) is 1. The summed E-state index contributed by atoms with van der Waals surface area (Å²) in [5.41, 5.74) is 0.184.